The zero-order valence-corrected chi connectivity index (χ0v) is 10.7. The van der Waals surface area contributed by atoms with Crippen LogP contribution < -0.4 is 0 Å². The Kier molecular flexibility index (Phi) is 3.57. The molecule has 2 rings (SSSR count). The van der Waals surface area contributed by atoms with Gasteiger partial charge in [0.2, 0.25) is 5.91 Å². The van der Waals surface area contributed by atoms with Gasteiger partial charge in [0.15, 0.2) is 0 Å². The molecule has 3 nitrogen and oxygen atoms in total. The molecular formula is C14H23NO2. The summed E-state index contributed by atoms with van der Waals surface area (Å²) in [6.45, 7) is 6.96. The van der Waals surface area contributed by atoms with Crippen LogP contribution >= 0.6 is 0 Å². The van der Waals surface area contributed by atoms with Crippen LogP contribution in [0.2, 0.25) is 0 Å². The lowest BCUT2D eigenvalue weighted by molar-refractivity contribution is -0.137. The third-order valence-electron chi connectivity index (χ3n) is 4.37. The molecule has 0 spiro atoms. The molecule has 2 atom stereocenters. The second kappa shape index (κ2) is 4.81. The Morgan fingerprint density at radius 1 is 1.59 bits per heavy atom. The predicted molar refractivity (Wildman–Crippen MR) is 67.6 cm³/mol. The van der Waals surface area contributed by atoms with E-state index >= 15 is 0 Å². The van der Waals surface area contributed by atoms with Crippen molar-refractivity contribution in [3.63, 3.8) is 0 Å². The second-order valence-electron chi connectivity index (χ2n) is 5.44. The van der Waals surface area contributed by atoms with Gasteiger partial charge in [-0.15, -0.1) is 0 Å². The van der Waals surface area contributed by atoms with E-state index in [2.05, 4.69) is 13.5 Å². The number of aliphatic hydroxyl groups excluding tert-OH is 1. The monoisotopic (exact) mass is 237 g/mol. The van der Waals surface area contributed by atoms with Crippen molar-refractivity contribution in [1.29, 1.82) is 0 Å². The molecule has 2 aliphatic heterocycles. The van der Waals surface area contributed by atoms with Crippen LogP contribution in [0.3, 0.4) is 0 Å². The summed E-state index contributed by atoms with van der Waals surface area (Å²) in [6.07, 6.45) is 5.43. The Morgan fingerprint density at radius 2 is 2.35 bits per heavy atom. The zero-order chi connectivity index (χ0) is 12.5. The quantitative estimate of drug-likeness (QED) is 0.765. The van der Waals surface area contributed by atoms with Crippen molar-refractivity contribution in [2.75, 3.05) is 6.54 Å². The minimum Gasteiger partial charge on any atom is -0.391 e. The summed E-state index contributed by atoms with van der Waals surface area (Å²) in [5, 5.41) is 10.4. The topological polar surface area (TPSA) is 40.5 Å². The summed E-state index contributed by atoms with van der Waals surface area (Å²) in [7, 11) is 0. The van der Waals surface area contributed by atoms with E-state index in [-0.39, 0.29) is 17.6 Å². The van der Waals surface area contributed by atoms with Crippen LogP contribution in [0.4, 0.5) is 0 Å². The van der Waals surface area contributed by atoms with Crippen LogP contribution in [0.15, 0.2) is 12.2 Å². The van der Waals surface area contributed by atoms with Crippen LogP contribution in [0.25, 0.3) is 0 Å². The lowest BCUT2D eigenvalue weighted by Gasteiger charge is -2.41. The lowest BCUT2D eigenvalue weighted by atomic mass is 9.81. The Morgan fingerprint density at radius 3 is 3.06 bits per heavy atom. The molecule has 1 N–H and O–H groups in total. The maximum absolute atomic E-state index is 12.1. The number of aliphatic hydroxyl groups is 1. The van der Waals surface area contributed by atoms with E-state index < -0.39 is 0 Å². The number of carbonyl (C=O) groups excluding carboxylic acids is 1. The normalized spacial score (nSPS) is 33.4. The Bertz CT molecular complexity index is 326. The number of nitrogens with zero attached hydrogens (tertiary/aromatic N) is 1. The van der Waals surface area contributed by atoms with E-state index in [1.165, 1.54) is 0 Å². The van der Waals surface area contributed by atoms with Crippen molar-refractivity contribution in [2.45, 2.75) is 63.5 Å². The smallest absolute Gasteiger partial charge is 0.223 e. The molecule has 2 fully saturated rings. The van der Waals surface area contributed by atoms with Crippen LogP contribution in [0.5, 0.6) is 0 Å². The molecule has 2 aliphatic rings. The lowest BCUT2D eigenvalue weighted by Crippen LogP contribution is -2.53. The minimum atomic E-state index is -0.375. The minimum absolute atomic E-state index is 0.225. The number of fused-ring (bicyclic) bond motifs is 1. The van der Waals surface area contributed by atoms with Gasteiger partial charge in [0.25, 0.3) is 0 Å². The molecule has 0 aromatic rings. The van der Waals surface area contributed by atoms with Crippen LogP contribution in [-0.2, 0) is 4.79 Å². The molecule has 96 valence electrons. The predicted octanol–water partition coefficient (Wildman–Crippen LogP) is 2.25. The van der Waals surface area contributed by atoms with Gasteiger partial charge < -0.3 is 10.0 Å². The molecule has 0 unspecified atom stereocenters. The molecule has 17 heavy (non-hydrogen) atoms. The molecule has 0 aromatic carbocycles. The highest BCUT2D eigenvalue weighted by atomic mass is 16.3. The van der Waals surface area contributed by atoms with E-state index in [0.717, 1.165) is 50.6 Å². The van der Waals surface area contributed by atoms with E-state index in [1.807, 2.05) is 4.90 Å². The average Bonchev–Trinajstić information content (AvgIpc) is 2.69. The van der Waals surface area contributed by atoms with Gasteiger partial charge in [-0.05, 0) is 38.5 Å². The Balaban J connectivity index is 2.28. The highest BCUT2D eigenvalue weighted by Crippen LogP contribution is 2.41. The molecule has 0 aliphatic carbocycles. The summed E-state index contributed by atoms with van der Waals surface area (Å²) in [5.74, 6) is 0.225. The molecule has 2 saturated heterocycles. The van der Waals surface area contributed by atoms with Gasteiger partial charge in [0.05, 0.1) is 11.6 Å². The molecule has 3 heteroatoms. The van der Waals surface area contributed by atoms with E-state index in [9.17, 15) is 9.90 Å². The maximum Gasteiger partial charge on any atom is 0.223 e. The maximum atomic E-state index is 12.1. The first-order chi connectivity index (χ1) is 8.10. The second-order valence-corrected chi connectivity index (χ2v) is 5.44. The summed E-state index contributed by atoms with van der Waals surface area (Å²) >= 11 is 0. The van der Waals surface area contributed by atoms with Crippen molar-refractivity contribution in [3.05, 3.63) is 12.2 Å². The molecule has 2 heterocycles. The highest BCUT2D eigenvalue weighted by molar-refractivity contribution is 5.78. The zero-order valence-electron chi connectivity index (χ0n) is 10.7. The summed E-state index contributed by atoms with van der Waals surface area (Å²) in [5.41, 5.74) is 0.811. The van der Waals surface area contributed by atoms with Gasteiger partial charge >= 0.3 is 0 Å². The standard InChI is InChI=1S/C14H23NO2/c1-3-11(2)10-14-8-5-9-15(14)13(17)7-4-6-12(14)16/h12,16H,2-10H2,1H3/t12-,14+/m0/s1. The van der Waals surface area contributed by atoms with Gasteiger partial charge in [-0.3, -0.25) is 4.79 Å². The van der Waals surface area contributed by atoms with Crippen molar-refractivity contribution < 1.29 is 9.90 Å². The Hall–Kier alpha value is -0.830. The summed E-state index contributed by atoms with van der Waals surface area (Å²) in [4.78, 5) is 14.1. The molecule has 0 radical (unpaired) electrons. The van der Waals surface area contributed by atoms with Crippen LogP contribution in [0, 0.1) is 0 Å². The third-order valence-corrected chi connectivity index (χ3v) is 4.37. The molecule has 0 saturated carbocycles. The SMILES string of the molecule is C=C(CC)C[C@@]12CCCN1C(=O)CCC[C@@H]2O. The number of hydrogen-bond donors (Lipinski definition) is 1. The fourth-order valence-electron chi connectivity index (χ4n) is 3.33. The molecule has 1 amide bonds. The first-order valence-corrected chi connectivity index (χ1v) is 6.75. The average molecular weight is 237 g/mol. The van der Waals surface area contributed by atoms with Crippen molar-refractivity contribution >= 4 is 5.91 Å². The fraction of sp³-hybridized carbons (Fsp3) is 0.786. The van der Waals surface area contributed by atoms with Crippen molar-refractivity contribution in [2.24, 2.45) is 0 Å². The van der Waals surface area contributed by atoms with E-state index in [4.69, 9.17) is 0 Å². The van der Waals surface area contributed by atoms with Gasteiger partial charge in [-0.1, -0.05) is 19.1 Å². The first-order valence-electron chi connectivity index (χ1n) is 6.75. The summed E-state index contributed by atoms with van der Waals surface area (Å²) in [6, 6.07) is 0. The number of rotatable bonds is 3. The van der Waals surface area contributed by atoms with Gasteiger partial charge in [0.1, 0.15) is 0 Å². The molecular weight excluding hydrogens is 214 g/mol. The molecule has 0 aromatic heterocycles. The van der Waals surface area contributed by atoms with Crippen LogP contribution in [-0.4, -0.2) is 34.1 Å². The highest BCUT2D eigenvalue weighted by Gasteiger charge is 2.49. The number of hydrogen-bond acceptors (Lipinski definition) is 2. The van der Waals surface area contributed by atoms with Crippen LogP contribution in [0.1, 0.15) is 51.9 Å². The van der Waals surface area contributed by atoms with Gasteiger partial charge in [0, 0.05) is 13.0 Å². The van der Waals surface area contributed by atoms with Gasteiger partial charge in [-0.2, -0.15) is 0 Å². The first kappa shape index (κ1) is 12.6. The van der Waals surface area contributed by atoms with Crippen molar-refractivity contribution in [3.8, 4) is 0 Å². The van der Waals surface area contributed by atoms with E-state index in [1.54, 1.807) is 0 Å². The fourth-order valence-corrected chi connectivity index (χ4v) is 3.33. The number of amides is 1. The third kappa shape index (κ3) is 2.13. The van der Waals surface area contributed by atoms with Gasteiger partial charge in [-0.25, -0.2) is 0 Å². The summed E-state index contributed by atoms with van der Waals surface area (Å²) < 4.78 is 0. The largest absolute Gasteiger partial charge is 0.391 e. The number of carbonyl (C=O) groups is 1. The molecule has 0 bridgehead atoms. The Labute approximate surface area is 103 Å². The van der Waals surface area contributed by atoms with E-state index in [0.29, 0.717) is 6.42 Å². The van der Waals surface area contributed by atoms with Crippen molar-refractivity contribution in [1.82, 2.24) is 4.90 Å².